The van der Waals surface area contributed by atoms with E-state index in [0.717, 1.165) is 19.5 Å². The molecule has 1 aliphatic rings. The van der Waals surface area contributed by atoms with E-state index in [0.29, 0.717) is 22.9 Å². The van der Waals surface area contributed by atoms with Gasteiger partial charge in [0.25, 0.3) is 0 Å². The van der Waals surface area contributed by atoms with E-state index >= 15 is 0 Å². The molecule has 1 N–H and O–H groups in total. The molecule has 1 atom stereocenters. The SMILES string of the molecule is CCOc1ccc(C(=O)C2CCNC2)cc1Cl. The van der Waals surface area contributed by atoms with Crippen LogP contribution in [0.25, 0.3) is 0 Å². The van der Waals surface area contributed by atoms with Crippen molar-refractivity contribution in [1.29, 1.82) is 0 Å². The molecule has 1 heterocycles. The van der Waals surface area contributed by atoms with Crippen LogP contribution in [0.1, 0.15) is 23.7 Å². The Morgan fingerprint density at radius 1 is 1.59 bits per heavy atom. The topological polar surface area (TPSA) is 38.3 Å². The monoisotopic (exact) mass is 253 g/mol. The van der Waals surface area contributed by atoms with Gasteiger partial charge in [-0.3, -0.25) is 4.79 Å². The fourth-order valence-corrected chi connectivity index (χ4v) is 2.28. The van der Waals surface area contributed by atoms with E-state index in [-0.39, 0.29) is 11.7 Å². The summed E-state index contributed by atoms with van der Waals surface area (Å²) in [6.45, 7) is 4.16. The average Bonchev–Trinajstić information content (AvgIpc) is 2.84. The molecule has 0 saturated carbocycles. The molecule has 1 unspecified atom stereocenters. The van der Waals surface area contributed by atoms with Gasteiger partial charge >= 0.3 is 0 Å². The van der Waals surface area contributed by atoms with Crippen LogP contribution >= 0.6 is 11.6 Å². The van der Waals surface area contributed by atoms with Gasteiger partial charge in [-0.05, 0) is 38.1 Å². The maximum Gasteiger partial charge on any atom is 0.167 e. The van der Waals surface area contributed by atoms with Crippen molar-refractivity contribution < 1.29 is 9.53 Å². The van der Waals surface area contributed by atoms with Crippen LogP contribution in [0, 0.1) is 5.92 Å². The number of ketones is 1. The van der Waals surface area contributed by atoms with Gasteiger partial charge in [0, 0.05) is 18.0 Å². The molecule has 4 heteroatoms. The maximum atomic E-state index is 12.1. The second-order valence-corrected chi connectivity index (χ2v) is 4.54. The molecule has 1 aliphatic heterocycles. The molecule has 0 spiro atoms. The molecule has 0 aliphatic carbocycles. The Balaban J connectivity index is 2.16. The van der Waals surface area contributed by atoms with E-state index in [4.69, 9.17) is 16.3 Å². The predicted octanol–water partition coefficient (Wildman–Crippen LogP) is 2.53. The number of carbonyl (C=O) groups is 1. The average molecular weight is 254 g/mol. The minimum Gasteiger partial charge on any atom is -0.492 e. The van der Waals surface area contributed by atoms with Crippen LogP contribution < -0.4 is 10.1 Å². The number of carbonyl (C=O) groups excluding carboxylic acids is 1. The summed E-state index contributed by atoms with van der Waals surface area (Å²) in [6, 6.07) is 5.26. The molecule has 0 radical (unpaired) electrons. The highest BCUT2D eigenvalue weighted by Crippen LogP contribution is 2.27. The Hall–Kier alpha value is -1.06. The van der Waals surface area contributed by atoms with Crippen molar-refractivity contribution in [3.05, 3.63) is 28.8 Å². The number of benzene rings is 1. The largest absolute Gasteiger partial charge is 0.492 e. The van der Waals surface area contributed by atoms with E-state index in [1.165, 1.54) is 0 Å². The second-order valence-electron chi connectivity index (χ2n) is 4.13. The lowest BCUT2D eigenvalue weighted by Crippen LogP contribution is -2.17. The first-order chi connectivity index (χ1) is 8.22. The predicted molar refractivity (Wildman–Crippen MR) is 67.9 cm³/mol. The number of nitrogens with one attached hydrogen (secondary N) is 1. The lowest BCUT2D eigenvalue weighted by molar-refractivity contribution is 0.0930. The fraction of sp³-hybridized carbons (Fsp3) is 0.462. The van der Waals surface area contributed by atoms with Crippen LogP contribution in [0.3, 0.4) is 0 Å². The highest BCUT2D eigenvalue weighted by atomic mass is 35.5. The lowest BCUT2D eigenvalue weighted by atomic mass is 9.97. The molecule has 1 aromatic carbocycles. The standard InChI is InChI=1S/C13H16ClNO2/c1-2-17-12-4-3-9(7-11(12)14)13(16)10-5-6-15-8-10/h3-4,7,10,15H,2,5-6,8H2,1H3. The number of ether oxygens (including phenoxy) is 1. The quantitative estimate of drug-likeness (QED) is 0.838. The second kappa shape index (κ2) is 5.52. The maximum absolute atomic E-state index is 12.1. The van der Waals surface area contributed by atoms with Gasteiger partial charge in [-0.25, -0.2) is 0 Å². The van der Waals surface area contributed by atoms with Gasteiger partial charge in [0.15, 0.2) is 5.78 Å². The Morgan fingerprint density at radius 3 is 3.00 bits per heavy atom. The van der Waals surface area contributed by atoms with Crippen molar-refractivity contribution in [3.8, 4) is 5.75 Å². The molecule has 17 heavy (non-hydrogen) atoms. The molecule has 0 aromatic heterocycles. The minimum atomic E-state index is 0.0870. The Morgan fingerprint density at radius 2 is 2.41 bits per heavy atom. The molecule has 0 amide bonds. The smallest absolute Gasteiger partial charge is 0.167 e. The Bertz CT molecular complexity index is 414. The number of halogens is 1. The third-order valence-corrected chi connectivity index (χ3v) is 3.24. The third kappa shape index (κ3) is 2.79. The number of hydrogen-bond acceptors (Lipinski definition) is 3. The van der Waals surface area contributed by atoms with E-state index < -0.39 is 0 Å². The zero-order chi connectivity index (χ0) is 12.3. The molecule has 0 bridgehead atoms. The number of hydrogen-bond donors (Lipinski definition) is 1. The van der Waals surface area contributed by atoms with Crippen LogP contribution in [0.4, 0.5) is 0 Å². The Labute approximate surface area is 106 Å². The first kappa shape index (κ1) is 12.4. The summed E-state index contributed by atoms with van der Waals surface area (Å²) >= 11 is 6.07. The van der Waals surface area contributed by atoms with Crippen LogP contribution in [-0.4, -0.2) is 25.5 Å². The van der Waals surface area contributed by atoms with Crippen molar-refractivity contribution in [2.24, 2.45) is 5.92 Å². The molecule has 1 saturated heterocycles. The highest BCUT2D eigenvalue weighted by molar-refractivity contribution is 6.32. The molecule has 2 rings (SSSR count). The van der Waals surface area contributed by atoms with Gasteiger partial charge in [0.05, 0.1) is 11.6 Å². The van der Waals surface area contributed by atoms with Crippen LogP contribution in [-0.2, 0) is 0 Å². The molecule has 92 valence electrons. The van der Waals surface area contributed by atoms with Crippen molar-refractivity contribution >= 4 is 17.4 Å². The summed E-state index contributed by atoms with van der Waals surface area (Å²) in [5, 5.41) is 3.69. The summed E-state index contributed by atoms with van der Waals surface area (Å²) in [5.41, 5.74) is 0.673. The van der Waals surface area contributed by atoms with E-state index in [1.807, 2.05) is 6.92 Å². The van der Waals surface area contributed by atoms with Gasteiger partial charge in [-0.1, -0.05) is 11.6 Å². The van der Waals surface area contributed by atoms with E-state index in [1.54, 1.807) is 18.2 Å². The number of rotatable bonds is 4. The molecule has 1 aromatic rings. The van der Waals surface area contributed by atoms with Crippen LogP contribution in [0.5, 0.6) is 5.75 Å². The van der Waals surface area contributed by atoms with Gasteiger partial charge in [0.2, 0.25) is 0 Å². The van der Waals surface area contributed by atoms with Crippen molar-refractivity contribution in [2.45, 2.75) is 13.3 Å². The van der Waals surface area contributed by atoms with Gasteiger partial charge < -0.3 is 10.1 Å². The normalized spacial score (nSPS) is 19.3. The third-order valence-electron chi connectivity index (χ3n) is 2.95. The summed E-state index contributed by atoms with van der Waals surface area (Å²) in [5.74, 6) is 0.888. The van der Waals surface area contributed by atoms with E-state index in [2.05, 4.69) is 5.32 Å². The van der Waals surface area contributed by atoms with E-state index in [9.17, 15) is 4.79 Å². The first-order valence-electron chi connectivity index (χ1n) is 5.89. The zero-order valence-electron chi connectivity index (χ0n) is 9.83. The van der Waals surface area contributed by atoms with Crippen molar-refractivity contribution in [2.75, 3.05) is 19.7 Å². The summed E-state index contributed by atoms with van der Waals surface area (Å²) < 4.78 is 5.34. The van der Waals surface area contributed by atoms with Gasteiger partial charge in [0.1, 0.15) is 5.75 Å². The lowest BCUT2D eigenvalue weighted by Gasteiger charge is -2.10. The van der Waals surface area contributed by atoms with Crippen molar-refractivity contribution in [3.63, 3.8) is 0 Å². The highest BCUT2D eigenvalue weighted by Gasteiger charge is 2.23. The van der Waals surface area contributed by atoms with Crippen molar-refractivity contribution in [1.82, 2.24) is 5.32 Å². The molecule has 1 fully saturated rings. The summed E-state index contributed by atoms with van der Waals surface area (Å²) in [4.78, 5) is 12.1. The zero-order valence-corrected chi connectivity index (χ0v) is 10.6. The first-order valence-corrected chi connectivity index (χ1v) is 6.27. The Kier molecular flexibility index (Phi) is 4.02. The minimum absolute atomic E-state index is 0.0870. The van der Waals surface area contributed by atoms with Crippen LogP contribution in [0.2, 0.25) is 5.02 Å². The van der Waals surface area contributed by atoms with Crippen LogP contribution in [0.15, 0.2) is 18.2 Å². The fourth-order valence-electron chi connectivity index (χ4n) is 2.04. The van der Waals surface area contributed by atoms with Gasteiger partial charge in [-0.15, -0.1) is 0 Å². The number of Topliss-reactive ketones (excluding diaryl/α,β-unsaturated/α-hetero) is 1. The molecular weight excluding hydrogens is 238 g/mol. The summed E-state index contributed by atoms with van der Waals surface area (Å²) in [6.07, 6.45) is 0.906. The summed E-state index contributed by atoms with van der Waals surface area (Å²) in [7, 11) is 0. The molecule has 3 nitrogen and oxygen atoms in total. The van der Waals surface area contributed by atoms with Gasteiger partial charge in [-0.2, -0.15) is 0 Å². The molecular formula is C13H16ClNO2.